The summed E-state index contributed by atoms with van der Waals surface area (Å²) in [7, 11) is 0. The first-order valence-corrected chi connectivity index (χ1v) is 9.84. The van der Waals surface area contributed by atoms with Crippen LogP contribution in [-0.2, 0) is 15.7 Å². The molecule has 2 atom stereocenters. The number of aromatic nitrogens is 5. The molecule has 0 bridgehead atoms. The van der Waals surface area contributed by atoms with Crippen molar-refractivity contribution in [3.63, 3.8) is 0 Å². The van der Waals surface area contributed by atoms with E-state index in [0.29, 0.717) is 15.8 Å². The van der Waals surface area contributed by atoms with Crippen molar-refractivity contribution in [2.45, 2.75) is 12.3 Å². The molecule has 2 aliphatic rings. The molecule has 0 aromatic carbocycles. The second-order valence-corrected chi connectivity index (χ2v) is 7.28. The lowest BCUT2D eigenvalue weighted by Crippen LogP contribution is -2.21. The Kier molecular flexibility index (Phi) is 5.00. The smallest absolute Gasteiger partial charge is 0.433 e. The fourth-order valence-electron chi connectivity index (χ4n) is 3.47. The molecule has 4 heterocycles. The number of pyridine rings is 1. The fraction of sp³-hybridized carbons (Fsp3) is 0.136. The molecule has 166 valence electrons. The largest absolute Gasteiger partial charge is 0.493 e. The highest BCUT2D eigenvalue weighted by Crippen LogP contribution is 2.33. The third-order valence-electron chi connectivity index (χ3n) is 5.08. The normalized spacial score (nSPS) is 19.1. The SMILES string of the molecule is O=C(Nc1ccc(-n2nc(-c3cccnc3)cc2C(F)(F)F)nn1)C1=CC2C=COC2C=C1. The van der Waals surface area contributed by atoms with E-state index in [-0.39, 0.29) is 29.4 Å². The molecule has 0 saturated carbocycles. The van der Waals surface area contributed by atoms with Crippen molar-refractivity contribution in [2.24, 2.45) is 5.92 Å². The van der Waals surface area contributed by atoms with Crippen molar-refractivity contribution in [3.05, 3.63) is 84.6 Å². The van der Waals surface area contributed by atoms with Gasteiger partial charge in [-0.1, -0.05) is 12.2 Å². The minimum atomic E-state index is -4.67. The highest BCUT2D eigenvalue weighted by atomic mass is 19.4. The second kappa shape index (κ2) is 8.01. The van der Waals surface area contributed by atoms with Crippen molar-refractivity contribution < 1.29 is 22.7 Å². The summed E-state index contributed by atoms with van der Waals surface area (Å²) in [4.78, 5) is 16.4. The molecule has 0 fully saturated rings. The molecule has 5 rings (SSSR count). The number of nitrogens with zero attached hydrogens (tertiary/aromatic N) is 5. The number of hydrogen-bond donors (Lipinski definition) is 1. The number of carbonyl (C=O) groups excluding carboxylic acids is 1. The Morgan fingerprint density at radius 1 is 1.15 bits per heavy atom. The van der Waals surface area contributed by atoms with Crippen LogP contribution in [0.1, 0.15) is 5.69 Å². The summed E-state index contributed by atoms with van der Waals surface area (Å²) in [6.45, 7) is 0. The second-order valence-electron chi connectivity index (χ2n) is 7.28. The molecule has 33 heavy (non-hydrogen) atoms. The van der Waals surface area contributed by atoms with E-state index < -0.39 is 17.8 Å². The number of amides is 1. The quantitative estimate of drug-likeness (QED) is 0.649. The highest BCUT2D eigenvalue weighted by Gasteiger charge is 2.37. The average molecular weight is 452 g/mol. The molecule has 11 heteroatoms. The number of fused-ring (bicyclic) bond motifs is 1. The number of carbonyl (C=O) groups is 1. The lowest BCUT2D eigenvalue weighted by Gasteiger charge is -2.17. The Morgan fingerprint density at radius 3 is 2.76 bits per heavy atom. The van der Waals surface area contributed by atoms with Crippen LogP contribution in [0.3, 0.4) is 0 Å². The van der Waals surface area contributed by atoms with Gasteiger partial charge in [0.15, 0.2) is 17.3 Å². The van der Waals surface area contributed by atoms with Gasteiger partial charge < -0.3 is 10.1 Å². The minimum absolute atomic E-state index is 0.0289. The molecule has 0 radical (unpaired) electrons. The Hall–Kier alpha value is -4.28. The average Bonchev–Trinajstić information content (AvgIpc) is 3.47. The molecule has 2 unspecified atom stereocenters. The van der Waals surface area contributed by atoms with Crippen LogP contribution in [0.15, 0.2) is 78.9 Å². The summed E-state index contributed by atoms with van der Waals surface area (Å²) < 4.78 is 46.8. The van der Waals surface area contributed by atoms with E-state index in [1.54, 1.807) is 36.6 Å². The molecule has 0 spiro atoms. The van der Waals surface area contributed by atoms with Gasteiger partial charge in [-0.3, -0.25) is 9.78 Å². The molecule has 1 amide bonds. The molecule has 3 aromatic rings. The lowest BCUT2D eigenvalue weighted by molar-refractivity contribution is -0.142. The van der Waals surface area contributed by atoms with Crippen molar-refractivity contribution >= 4 is 11.7 Å². The van der Waals surface area contributed by atoms with Gasteiger partial charge in [-0.15, -0.1) is 10.2 Å². The van der Waals surface area contributed by atoms with E-state index in [9.17, 15) is 18.0 Å². The van der Waals surface area contributed by atoms with E-state index in [2.05, 4.69) is 25.6 Å². The number of alkyl halides is 3. The monoisotopic (exact) mass is 452 g/mol. The van der Waals surface area contributed by atoms with Crippen LogP contribution < -0.4 is 5.32 Å². The van der Waals surface area contributed by atoms with Crippen molar-refractivity contribution in [1.29, 1.82) is 0 Å². The molecule has 3 aromatic heterocycles. The van der Waals surface area contributed by atoms with E-state index in [1.807, 2.05) is 6.08 Å². The summed E-state index contributed by atoms with van der Waals surface area (Å²) in [5.41, 5.74) is -0.0674. The Morgan fingerprint density at radius 2 is 2.03 bits per heavy atom. The third-order valence-corrected chi connectivity index (χ3v) is 5.08. The van der Waals surface area contributed by atoms with Gasteiger partial charge >= 0.3 is 6.18 Å². The first kappa shape index (κ1) is 20.6. The number of anilines is 1. The Bertz CT molecular complexity index is 1280. The first-order chi connectivity index (χ1) is 15.9. The van der Waals surface area contributed by atoms with Gasteiger partial charge in [-0.05, 0) is 42.5 Å². The summed E-state index contributed by atoms with van der Waals surface area (Å²) in [5.74, 6) is -0.505. The number of nitrogens with one attached hydrogen (secondary N) is 1. The van der Waals surface area contributed by atoms with Crippen LogP contribution in [0.2, 0.25) is 0 Å². The predicted molar refractivity (Wildman–Crippen MR) is 111 cm³/mol. The fourth-order valence-corrected chi connectivity index (χ4v) is 3.47. The van der Waals surface area contributed by atoms with Gasteiger partial charge in [0.25, 0.3) is 5.91 Å². The van der Waals surface area contributed by atoms with Gasteiger partial charge in [0, 0.05) is 29.4 Å². The summed E-state index contributed by atoms with van der Waals surface area (Å²) in [6.07, 6.45) is 6.77. The Balaban J connectivity index is 1.38. The number of hydrogen-bond acceptors (Lipinski definition) is 6. The zero-order chi connectivity index (χ0) is 23.0. The van der Waals surface area contributed by atoms with Crippen molar-refractivity contribution in [1.82, 2.24) is 25.0 Å². The van der Waals surface area contributed by atoms with Crippen LogP contribution in [-0.4, -0.2) is 37.0 Å². The van der Waals surface area contributed by atoms with Gasteiger partial charge in [-0.25, -0.2) is 4.68 Å². The highest BCUT2D eigenvalue weighted by molar-refractivity contribution is 6.05. The zero-order valence-corrected chi connectivity index (χ0v) is 16.8. The van der Waals surface area contributed by atoms with Gasteiger partial charge in [0.1, 0.15) is 6.10 Å². The molecule has 1 aliphatic heterocycles. The van der Waals surface area contributed by atoms with Crippen LogP contribution in [0.5, 0.6) is 0 Å². The van der Waals surface area contributed by atoms with E-state index in [4.69, 9.17) is 4.74 Å². The maximum absolute atomic E-state index is 13.6. The van der Waals surface area contributed by atoms with E-state index in [0.717, 1.165) is 6.07 Å². The molecular weight excluding hydrogens is 437 g/mol. The number of halogens is 3. The maximum Gasteiger partial charge on any atom is 0.433 e. The van der Waals surface area contributed by atoms with Crippen LogP contribution in [0, 0.1) is 5.92 Å². The molecular formula is C22H15F3N6O2. The maximum atomic E-state index is 13.6. The van der Waals surface area contributed by atoms with E-state index >= 15 is 0 Å². The Labute approximate surface area is 185 Å². The van der Waals surface area contributed by atoms with Gasteiger partial charge in [0.2, 0.25) is 0 Å². The van der Waals surface area contributed by atoms with Crippen LogP contribution >= 0.6 is 0 Å². The van der Waals surface area contributed by atoms with Gasteiger partial charge in [0.05, 0.1) is 12.0 Å². The molecule has 1 aliphatic carbocycles. The lowest BCUT2D eigenvalue weighted by atomic mass is 9.94. The van der Waals surface area contributed by atoms with Crippen LogP contribution in [0.25, 0.3) is 17.1 Å². The summed E-state index contributed by atoms with van der Waals surface area (Å²) in [6, 6.07) is 6.79. The molecule has 8 nitrogen and oxygen atoms in total. The summed E-state index contributed by atoms with van der Waals surface area (Å²) in [5, 5.41) is 14.3. The standard InChI is InChI=1S/C22H15F3N6O2/c23-22(24,25)18-11-16(15-2-1-8-26-12-15)30-31(18)20-6-5-19(28-29-20)27-21(32)14-3-4-17-13(10-14)7-9-33-17/h1-13,17H,(H,27,28,32). The van der Waals surface area contributed by atoms with Crippen LogP contribution in [0.4, 0.5) is 19.0 Å². The number of rotatable bonds is 4. The van der Waals surface area contributed by atoms with Crippen molar-refractivity contribution in [2.75, 3.05) is 5.32 Å². The van der Waals surface area contributed by atoms with Gasteiger partial charge in [-0.2, -0.15) is 18.3 Å². The minimum Gasteiger partial charge on any atom is -0.493 e. The van der Waals surface area contributed by atoms with E-state index in [1.165, 1.54) is 24.5 Å². The predicted octanol–water partition coefficient (Wildman–Crippen LogP) is 3.71. The molecule has 0 saturated heterocycles. The molecule has 1 N–H and O–H groups in total. The summed E-state index contributed by atoms with van der Waals surface area (Å²) >= 11 is 0. The third kappa shape index (κ3) is 4.12. The topological polar surface area (TPSA) is 94.8 Å². The first-order valence-electron chi connectivity index (χ1n) is 9.84. The zero-order valence-electron chi connectivity index (χ0n) is 16.8. The number of ether oxygens (including phenoxy) is 1. The van der Waals surface area contributed by atoms with Crippen molar-refractivity contribution in [3.8, 4) is 17.1 Å².